The van der Waals surface area contributed by atoms with Crippen LogP contribution in [0.5, 0.6) is 0 Å². The topological polar surface area (TPSA) is 0 Å². The third-order valence-electron chi connectivity index (χ3n) is 1.90. The van der Waals surface area contributed by atoms with Gasteiger partial charge >= 0.3 is 36.0 Å². The molecule has 0 heterocycles. The number of hydrogen-bond acceptors (Lipinski definition) is 0. The zero-order valence-corrected chi connectivity index (χ0v) is 9.67. The minimum atomic E-state index is -8.04. The number of rotatable bonds is 3. The molecule has 0 aliphatic carbocycles. The maximum absolute atomic E-state index is 12.3. The molecule has 0 rings (SSSR count). The monoisotopic (exact) mass is 372 g/mol. The van der Waals surface area contributed by atoms with Crippen molar-refractivity contribution in [3.05, 3.63) is 0 Å². The molecule has 0 aliphatic heterocycles. The molecule has 0 unspecified atom stereocenters. The van der Waals surface area contributed by atoms with Gasteiger partial charge in [0.2, 0.25) is 0 Å². The van der Waals surface area contributed by atoms with E-state index in [1.807, 2.05) is 0 Å². The van der Waals surface area contributed by atoms with E-state index in [1.165, 1.54) is 0 Å². The molecule has 0 aromatic carbocycles. The molecule has 22 heavy (non-hydrogen) atoms. The number of alkyl halides is 15. The Morgan fingerprint density at radius 1 is 0.318 bits per heavy atom. The largest absolute Gasteiger partial charge is 0.460 e. The first-order chi connectivity index (χ1) is 9.25. The second-order valence-electron chi connectivity index (χ2n) is 3.29. The van der Waals surface area contributed by atoms with E-state index in [1.54, 1.807) is 0 Å². The lowest BCUT2D eigenvalue weighted by Crippen LogP contribution is -2.69. The lowest BCUT2D eigenvalue weighted by Gasteiger charge is -2.37. The Morgan fingerprint density at radius 2 is 0.455 bits per heavy atom. The van der Waals surface area contributed by atoms with Crippen LogP contribution in [0, 0.1) is 0 Å². The SMILES string of the molecule is CF.FC(F)(F)C(F)(F)C(F)(F)C(F)(F)C(F)(F)C(F)(F)F. The van der Waals surface area contributed by atoms with E-state index in [0.29, 0.717) is 7.18 Å². The lowest BCUT2D eigenvalue weighted by atomic mass is 9.98. The summed E-state index contributed by atoms with van der Waals surface area (Å²) in [5.41, 5.74) is 0. The van der Waals surface area contributed by atoms with Crippen LogP contribution in [0.1, 0.15) is 0 Å². The van der Waals surface area contributed by atoms with Crippen LogP contribution in [0.15, 0.2) is 0 Å². The normalized spacial score (nSPS) is 15.3. The van der Waals surface area contributed by atoms with E-state index in [4.69, 9.17) is 0 Å². The maximum atomic E-state index is 12.3. The Balaban J connectivity index is 0. The van der Waals surface area contributed by atoms with Gasteiger partial charge in [-0.05, 0) is 0 Å². The van der Waals surface area contributed by atoms with Crippen LogP contribution in [0.2, 0.25) is 0 Å². The van der Waals surface area contributed by atoms with Crippen molar-refractivity contribution in [3.8, 4) is 0 Å². The van der Waals surface area contributed by atoms with Gasteiger partial charge in [0.1, 0.15) is 0 Å². The molecule has 0 spiro atoms. The van der Waals surface area contributed by atoms with Gasteiger partial charge in [-0.1, -0.05) is 0 Å². The predicted molar refractivity (Wildman–Crippen MR) is 38.9 cm³/mol. The summed E-state index contributed by atoms with van der Waals surface area (Å²) < 4.78 is 176. The van der Waals surface area contributed by atoms with Crippen molar-refractivity contribution in [1.29, 1.82) is 0 Å². The van der Waals surface area contributed by atoms with Crippen molar-refractivity contribution < 1.29 is 65.9 Å². The Bertz CT molecular complexity index is 321. The summed E-state index contributed by atoms with van der Waals surface area (Å²) in [6.45, 7) is 0. The Morgan fingerprint density at radius 3 is 0.545 bits per heavy atom. The summed E-state index contributed by atoms with van der Waals surface area (Å²) >= 11 is 0. The molecular formula is C7H3F15. The first-order valence-electron chi connectivity index (χ1n) is 4.27. The fourth-order valence-electron chi connectivity index (χ4n) is 0.750. The molecule has 0 bridgehead atoms. The van der Waals surface area contributed by atoms with Crippen molar-refractivity contribution >= 4 is 0 Å². The molecule has 0 saturated heterocycles. The minimum Gasteiger partial charge on any atom is -0.255 e. The smallest absolute Gasteiger partial charge is 0.255 e. The zero-order valence-electron chi connectivity index (χ0n) is 9.67. The highest BCUT2D eigenvalue weighted by Crippen LogP contribution is 2.60. The van der Waals surface area contributed by atoms with Crippen LogP contribution >= 0.6 is 0 Å². The number of halogens is 15. The third kappa shape index (κ3) is 3.16. The first-order valence-corrected chi connectivity index (χ1v) is 4.27. The average molecular weight is 372 g/mol. The highest BCUT2D eigenvalue weighted by atomic mass is 19.4. The van der Waals surface area contributed by atoms with Crippen molar-refractivity contribution in [1.82, 2.24) is 0 Å². The Hall–Kier alpha value is -1.05. The van der Waals surface area contributed by atoms with E-state index in [2.05, 4.69) is 0 Å². The van der Waals surface area contributed by atoms with Crippen molar-refractivity contribution in [3.63, 3.8) is 0 Å². The maximum Gasteiger partial charge on any atom is 0.460 e. The van der Waals surface area contributed by atoms with Crippen molar-refractivity contribution in [2.45, 2.75) is 36.0 Å². The van der Waals surface area contributed by atoms with Gasteiger partial charge in [-0.25, -0.2) is 0 Å². The van der Waals surface area contributed by atoms with Crippen molar-refractivity contribution in [2.24, 2.45) is 0 Å². The van der Waals surface area contributed by atoms with Crippen LogP contribution in [0.25, 0.3) is 0 Å². The molecule has 0 N–H and O–H groups in total. The fraction of sp³-hybridized carbons (Fsp3) is 1.00. The quantitative estimate of drug-likeness (QED) is 0.595. The summed E-state index contributed by atoms with van der Waals surface area (Å²) in [4.78, 5) is 0. The van der Waals surface area contributed by atoms with Crippen LogP contribution in [-0.2, 0) is 0 Å². The van der Waals surface area contributed by atoms with Crippen LogP contribution in [-0.4, -0.2) is 43.2 Å². The molecule has 0 atom stereocenters. The number of hydrogen-bond donors (Lipinski definition) is 0. The summed E-state index contributed by atoms with van der Waals surface area (Å²) in [6, 6.07) is 0. The van der Waals surface area contributed by atoms with Crippen LogP contribution < -0.4 is 0 Å². The Kier molecular flexibility index (Phi) is 6.19. The highest BCUT2D eigenvalue weighted by Gasteiger charge is 2.91. The minimum absolute atomic E-state index is 0.500. The molecule has 0 aromatic rings. The third-order valence-corrected chi connectivity index (χ3v) is 1.90. The standard InChI is InChI=1S/C6F14.CH3F/c7-1(8,3(11,12)5(15,16)17)2(9,10)4(13,14)6(18,19)20;1-2/h;1H3. The summed E-state index contributed by atoms with van der Waals surface area (Å²) in [7, 11) is 0.500. The van der Waals surface area contributed by atoms with Gasteiger partial charge in [-0.2, -0.15) is 61.5 Å². The molecular weight excluding hydrogens is 369 g/mol. The van der Waals surface area contributed by atoms with Crippen LogP contribution in [0.4, 0.5) is 65.9 Å². The molecule has 0 nitrogen and oxygen atoms in total. The molecule has 0 amide bonds. The van der Waals surface area contributed by atoms with Gasteiger partial charge in [-0.15, -0.1) is 0 Å². The van der Waals surface area contributed by atoms with Gasteiger partial charge < -0.3 is 0 Å². The van der Waals surface area contributed by atoms with Crippen molar-refractivity contribution in [2.75, 3.05) is 7.18 Å². The Labute approximate surface area is 110 Å². The zero-order chi connectivity index (χ0) is 19.0. The molecule has 15 heteroatoms. The van der Waals surface area contributed by atoms with E-state index >= 15 is 0 Å². The molecule has 136 valence electrons. The van der Waals surface area contributed by atoms with E-state index in [0.717, 1.165) is 0 Å². The van der Waals surface area contributed by atoms with Gasteiger partial charge in [0.25, 0.3) is 0 Å². The fourth-order valence-corrected chi connectivity index (χ4v) is 0.750. The van der Waals surface area contributed by atoms with Gasteiger partial charge in [0, 0.05) is 0 Å². The lowest BCUT2D eigenvalue weighted by molar-refractivity contribution is -0.451. The van der Waals surface area contributed by atoms with E-state index in [-0.39, 0.29) is 0 Å². The first kappa shape index (κ1) is 23.2. The predicted octanol–water partition coefficient (Wildman–Crippen LogP) is 5.24. The van der Waals surface area contributed by atoms with Gasteiger partial charge in [0.05, 0.1) is 7.18 Å². The van der Waals surface area contributed by atoms with E-state index in [9.17, 15) is 65.9 Å². The van der Waals surface area contributed by atoms with Gasteiger partial charge in [0.15, 0.2) is 0 Å². The molecule has 0 radical (unpaired) electrons. The van der Waals surface area contributed by atoms with E-state index < -0.39 is 36.0 Å². The second-order valence-corrected chi connectivity index (χ2v) is 3.29. The highest BCUT2D eigenvalue weighted by molar-refractivity contribution is 5.08. The molecule has 0 aliphatic rings. The van der Waals surface area contributed by atoms with Gasteiger partial charge in [-0.3, -0.25) is 4.39 Å². The summed E-state index contributed by atoms with van der Waals surface area (Å²) in [5, 5.41) is 0. The van der Waals surface area contributed by atoms with Crippen LogP contribution in [0.3, 0.4) is 0 Å². The molecule has 0 fully saturated rings. The summed E-state index contributed by atoms with van der Waals surface area (Å²) in [5.74, 6) is -31.7. The molecule has 0 aromatic heterocycles. The second kappa shape index (κ2) is 5.86. The average Bonchev–Trinajstić information content (AvgIpc) is 2.27. The summed E-state index contributed by atoms with van der Waals surface area (Å²) in [6.07, 6.45) is -15.0. The molecule has 0 saturated carbocycles.